The summed E-state index contributed by atoms with van der Waals surface area (Å²) in [6.07, 6.45) is 0. The molecule has 0 fully saturated rings. The van der Waals surface area contributed by atoms with Gasteiger partial charge < -0.3 is 16.6 Å². The van der Waals surface area contributed by atoms with Crippen molar-refractivity contribution in [2.24, 2.45) is 5.73 Å². The highest BCUT2D eigenvalue weighted by atomic mass is 35.5. The molecule has 25 heavy (non-hydrogen) atoms. The Morgan fingerprint density at radius 2 is 1.96 bits per heavy atom. The van der Waals surface area contributed by atoms with Crippen molar-refractivity contribution < 1.29 is 5.11 Å². The molecule has 5 N–H and O–H groups in total. The van der Waals surface area contributed by atoms with Crippen molar-refractivity contribution in [3.05, 3.63) is 58.6 Å². The van der Waals surface area contributed by atoms with Gasteiger partial charge in [0.2, 0.25) is 0 Å². The lowest BCUT2D eigenvalue weighted by Gasteiger charge is -2.11. The number of aromatic hydroxyl groups is 1. The molecule has 0 bridgehead atoms. The van der Waals surface area contributed by atoms with Gasteiger partial charge in [0.05, 0.1) is 11.3 Å². The number of anilines is 1. The molecule has 1 aromatic heterocycles. The van der Waals surface area contributed by atoms with E-state index in [1.165, 1.54) is 12.1 Å². The van der Waals surface area contributed by atoms with E-state index in [-0.39, 0.29) is 23.0 Å². The van der Waals surface area contributed by atoms with Crippen LogP contribution < -0.4 is 11.5 Å². The number of benzene rings is 2. The summed E-state index contributed by atoms with van der Waals surface area (Å²) in [7, 11) is 0. The number of rotatable bonds is 3. The van der Waals surface area contributed by atoms with E-state index in [9.17, 15) is 10.4 Å². The predicted octanol–water partition coefficient (Wildman–Crippen LogP) is 3.08. The van der Waals surface area contributed by atoms with Gasteiger partial charge >= 0.3 is 0 Å². The first-order chi connectivity index (χ1) is 12.0. The normalized spacial score (nSPS) is 10.4. The number of nitrogens with two attached hydrogens (primary N) is 2. The van der Waals surface area contributed by atoms with Gasteiger partial charge in [-0.05, 0) is 29.8 Å². The molecule has 0 unspecified atom stereocenters. The molecule has 0 atom stereocenters. The number of nitriles is 1. The molecule has 0 spiro atoms. The second-order valence-corrected chi connectivity index (χ2v) is 5.77. The van der Waals surface area contributed by atoms with Crippen LogP contribution in [0.1, 0.15) is 11.1 Å². The lowest BCUT2D eigenvalue weighted by molar-refractivity contribution is 0.477. The van der Waals surface area contributed by atoms with Gasteiger partial charge in [0, 0.05) is 17.1 Å². The van der Waals surface area contributed by atoms with Crippen molar-refractivity contribution in [1.82, 2.24) is 9.97 Å². The third-order valence-corrected chi connectivity index (χ3v) is 3.92. The average molecular weight is 352 g/mol. The number of aromatic nitrogens is 2. The summed E-state index contributed by atoms with van der Waals surface area (Å²) in [6.45, 7) is 0.359. The number of phenolic OH excluding ortho intramolecular Hbond substituents is 1. The zero-order valence-electron chi connectivity index (χ0n) is 13.1. The molecular weight excluding hydrogens is 338 g/mol. The van der Waals surface area contributed by atoms with E-state index in [1.807, 2.05) is 30.3 Å². The van der Waals surface area contributed by atoms with Crippen LogP contribution in [0.25, 0.3) is 22.6 Å². The topological polar surface area (TPSA) is 122 Å². The van der Waals surface area contributed by atoms with Crippen LogP contribution in [0.2, 0.25) is 5.02 Å². The summed E-state index contributed by atoms with van der Waals surface area (Å²) < 4.78 is 0. The lowest BCUT2D eigenvalue weighted by Crippen LogP contribution is -2.04. The fourth-order valence-corrected chi connectivity index (χ4v) is 2.62. The van der Waals surface area contributed by atoms with Crippen molar-refractivity contribution in [2.45, 2.75) is 6.54 Å². The molecule has 0 saturated carbocycles. The van der Waals surface area contributed by atoms with E-state index in [4.69, 9.17) is 23.1 Å². The Bertz CT molecular complexity index is 997. The van der Waals surface area contributed by atoms with Crippen molar-refractivity contribution in [3.8, 4) is 34.5 Å². The molecule has 124 valence electrons. The van der Waals surface area contributed by atoms with E-state index in [0.29, 0.717) is 28.4 Å². The molecular formula is C18H14ClN5O. The molecule has 3 rings (SSSR count). The number of hydrogen-bond acceptors (Lipinski definition) is 6. The van der Waals surface area contributed by atoms with Crippen LogP contribution in [-0.4, -0.2) is 15.1 Å². The minimum atomic E-state index is -0.0323. The lowest BCUT2D eigenvalue weighted by atomic mass is 10.0. The molecule has 2 aromatic carbocycles. The predicted molar refractivity (Wildman–Crippen MR) is 96.6 cm³/mol. The number of phenols is 1. The average Bonchev–Trinajstić information content (AvgIpc) is 2.63. The van der Waals surface area contributed by atoms with Crippen LogP contribution in [0.15, 0.2) is 42.5 Å². The maximum Gasteiger partial charge on any atom is 0.166 e. The summed E-state index contributed by atoms with van der Waals surface area (Å²) in [5.74, 6) is 0.180. The van der Waals surface area contributed by atoms with Crippen molar-refractivity contribution in [3.63, 3.8) is 0 Å². The van der Waals surface area contributed by atoms with E-state index in [1.54, 1.807) is 6.07 Å². The Morgan fingerprint density at radius 1 is 1.16 bits per heavy atom. The van der Waals surface area contributed by atoms with Gasteiger partial charge in [-0.1, -0.05) is 29.8 Å². The van der Waals surface area contributed by atoms with Crippen molar-refractivity contribution in [1.29, 1.82) is 5.26 Å². The SMILES string of the molecule is N#Cc1c(N)nc(-c2cc(Cl)ccc2O)nc1-c1cccc(CN)c1. The molecule has 0 radical (unpaired) electrons. The standard InChI is InChI=1S/C18H14ClN5O/c19-12-4-5-15(25)13(7-12)18-23-16(14(9-21)17(22)24-18)11-3-1-2-10(6-11)8-20/h1-7,25H,8,20H2,(H2,22,23,24). The van der Waals surface area contributed by atoms with Gasteiger partial charge in [0.25, 0.3) is 0 Å². The second-order valence-electron chi connectivity index (χ2n) is 5.33. The highest BCUT2D eigenvalue weighted by Gasteiger charge is 2.17. The van der Waals surface area contributed by atoms with Gasteiger partial charge in [-0.3, -0.25) is 0 Å². The molecule has 3 aromatic rings. The van der Waals surface area contributed by atoms with Crippen molar-refractivity contribution in [2.75, 3.05) is 5.73 Å². The molecule has 0 aliphatic carbocycles. The zero-order valence-corrected chi connectivity index (χ0v) is 13.8. The number of nitrogen functional groups attached to an aromatic ring is 1. The summed E-state index contributed by atoms with van der Waals surface area (Å²) in [4.78, 5) is 8.59. The summed E-state index contributed by atoms with van der Waals surface area (Å²) in [5.41, 5.74) is 14.1. The summed E-state index contributed by atoms with van der Waals surface area (Å²) in [6, 6.07) is 13.9. The third-order valence-electron chi connectivity index (χ3n) is 3.68. The maximum atomic E-state index is 10.1. The van der Waals surface area contributed by atoms with E-state index >= 15 is 0 Å². The minimum absolute atomic E-state index is 0.0278. The smallest absolute Gasteiger partial charge is 0.166 e. The molecule has 0 saturated heterocycles. The summed E-state index contributed by atoms with van der Waals surface area (Å²) >= 11 is 6.00. The minimum Gasteiger partial charge on any atom is -0.507 e. The van der Waals surface area contributed by atoms with E-state index in [2.05, 4.69) is 9.97 Å². The Balaban J connectivity index is 2.26. The van der Waals surface area contributed by atoms with Crippen LogP contribution >= 0.6 is 11.6 Å². The van der Waals surface area contributed by atoms with Crippen LogP contribution in [0.4, 0.5) is 5.82 Å². The molecule has 6 nitrogen and oxygen atoms in total. The third kappa shape index (κ3) is 3.24. The summed E-state index contributed by atoms with van der Waals surface area (Å²) in [5, 5.41) is 20.0. The first-order valence-electron chi connectivity index (χ1n) is 7.39. The van der Waals surface area contributed by atoms with E-state index in [0.717, 1.165) is 5.56 Å². The van der Waals surface area contributed by atoms with Crippen LogP contribution in [-0.2, 0) is 6.54 Å². The monoisotopic (exact) mass is 351 g/mol. The Labute approximate surface area is 149 Å². The first kappa shape index (κ1) is 16.7. The number of hydrogen-bond donors (Lipinski definition) is 3. The van der Waals surface area contributed by atoms with Crippen molar-refractivity contribution >= 4 is 17.4 Å². The second kappa shape index (κ2) is 6.77. The van der Waals surface area contributed by atoms with Gasteiger partial charge in [-0.2, -0.15) is 5.26 Å². The molecule has 1 heterocycles. The Kier molecular flexibility index (Phi) is 4.52. The Morgan fingerprint density at radius 3 is 2.68 bits per heavy atom. The van der Waals surface area contributed by atoms with Crippen LogP contribution in [0, 0.1) is 11.3 Å². The van der Waals surface area contributed by atoms with Gasteiger partial charge in [0.1, 0.15) is 23.2 Å². The molecule has 0 amide bonds. The van der Waals surface area contributed by atoms with Gasteiger partial charge in [0.15, 0.2) is 5.82 Å². The maximum absolute atomic E-state index is 10.1. The van der Waals surface area contributed by atoms with E-state index < -0.39 is 0 Å². The van der Waals surface area contributed by atoms with Crippen LogP contribution in [0.3, 0.4) is 0 Å². The van der Waals surface area contributed by atoms with Gasteiger partial charge in [-0.25, -0.2) is 9.97 Å². The first-order valence-corrected chi connectivity index (χ1v) is 7.77. The largest absolute Gasteiger partial charge is 0.507 e. The highest BCUT2D eigenvalue weighted by Crippen LogP contribution is 2.33. The van der Waals surface area contributed by atoms with Gasteiger partial charge in [-0.15, -0.1) is 0 Å². The molecule has 0 aliphatic heterocycles. The highest BCUT2D eigenvalue weighted by molar-refractivity contribution is 6.30. The molecule has 0 aliphatic rings. The zero-order chi connectivity index (χ0) is 18.0. The number of halogens is 1. The van der Waals surface area contributed by atoms with Crippen LogP contribution in [0.5, 0.6) is 5.75 Å². The fourth-order valence-electron chi connectivity index (χ4n) is 2.45. The Hall–Kier alpha value is -3.14. The quantitative estimate of drug-likeness (QED) is 0.666. The fraction of sp³-hybridized carbons (Fsp3) is 0.0556. The molecule has 7 heteroatoms. The number of nitrogens with zero attached hydrogens (tertiary/aromatic N) is 3.